The second kappa shape index (κ2) is 7.77. The lowest BCUT2D eigenvalue weighted by atomic mass is 9.92. The van der Waals surface area contributed by atoms with E-state index in [1.165, 1.54) is 29.3 Å². The van der Waals surface area contributed by atoms with Crippen molar-refractivity contribution in [1.29, 1.82) is 0 Å². The van der Waals surface area contributed by atoms with E-state index in [0.29, 0.717) is 34.2 Å². The van der Waals surface area contributed by atoms with Crippen molar-refractivity contribution >= 4 is 28.6 Å². The molecule has 2 aromatic carbocycles. The van der Waals surface area contributed by atoms with Crippen LogP contribution in [-0.2, 0) is 0 Å². The van der Waals surface area contributed by atoms with Crippen LogP contribution in [0.1, 0.15) is 41.9 Å². The molecular formula is C22H19ClFN5O2. The Hall–Kier alpha value is -3.26. The summed E-state index contributed by atoms with van der Waals surface area (Å²) in [6.45, 7) is 2.34. The molecule has 2 aromatic heterocycles. The summed E-state index contributed by atoms with van der Waals surface area (Å²) in [5.41, 5.74) is 1.59. The van der Waals surface area contributed by atoms with Crippen LogP contribution in [0.15, 0.2) is 53.2 Å². The first-order chi connectivity index (χ1) is 15.0. The second-order valence-corrected chi connectivity index (χ2v) is 8.13. The fourth-order valence-corrected chi connectivity index (χ4v) is 4.23. The molecule has 0 unspecified atom stereocenters. The number of halogens is 2. The van der Waals surface area contributed by atoms with Gasteiger partial charge in [-0.3, -0.25) is 4.79 Å². The van der Waals surface area contributed by atoms with E-state index in [1.807, 2.05) is 6.92 Å². The normalized spacial score (nSPS) is 19.1. The van der Waals surface area contributed by atoms with Crippen LogP contribution in [0.25, 0.3) is 16.8 Å². The summed E-state index contributed by atoms with van der Waals surface area (Å²) in [5.74, 6) is -0.541. The molecule has 3 heterocycles. The van der Waals surface area contributed by atoms with E-state index in [9.17, 15) is 9.18 Å². The number of rotatable bonds is 3. The number of likely N-dealkylation sites (tertiary alicyclic amines) is 1. The standard InChI is InChI=1S/C22H19ClFN5O2/c1-13-5-6-14(21-27-17-11-15(23)7-8-19(17)31-21)12-28(13)22(30)20-16(24)3-2-4-18(20)29-25-9-10-26-29/h2-4,7-11,13-14H,5-6,12H2,1H3/t13-,14-/m1/s1. The lowest BCUT2D eigenvalue weighted by molar-refractivity contribution is 0.0593. The molecule has 158 valence electrons. The van der Waals surface area contributed by atoms with Gasteiger partial charge >= 0.3 is 0 Å². The molecule has 0 saturated carbocycles. The molecule has 0 bridgehead atoms. The van der Waals surface area contributed by atoms with E-state index in [2.05, 4.69) is 15.2 Å². The van der Waals surface area contributed by atoms with Gasteiger partial charge in [0, 0.05) is 17.6 Å². The van der Waals surface area contributed by atoms with Crippen LogP contribution in [0.3, 0.4) is 0 Å². The maximum atomic E-state index is 14.8. The highest BCUT2D eigenvalue weighted by Gasteiger charge is 2.35. The first kappa shape index (κ1) is 19.7. The van der Waals surface area contributed by atoms with Gasteiger partial charge in [-0.25, -0.2) is 9.37 Å². The van der Waals surface area contributed by atoms with Crippen LogP contribution in [0.5, 0.6) is 0 Å². The van der Waals surface area contributed by atoms with E-state index in [4.69, 9.17) is 16.0 Å². The zero-order valence-corrected chi connectivity index (χ0v) is 17.5. The number of oxazole rings is 1. The van der Waals surface area contributed by atoms with E-state index >= 15 is 0 Å². The van der Waals surface area contributed by atoms with Gasteiger partial charge in [-0.15, -0.1) is 0 Å². The first-order valence-electron chi connectivity index (χ1n) is 10.0. The molecule has 2 atom stereocenters. The Labute approximate surface area is 182 Å². The number of nitrogens with zero attached hydrogens (tertiary/aromatic N) is 5. The molecule has 0 spiro atoms. The van der Waals surface area contributed by atoms with Crippen LogP contribution >= 0.6 is 11.6 Å². The highest BCUT2D eigenvalue weighted by molar-refractivity contribution is 6.31. The number of fused-ring (bicyclic) bond motifs is 1. The van der Waals surface area contributed by atoms with Crippen molar-refractivity contribution in [3.8, 4) is 5.69 Å². The number of carbonyl (C=O) groups excluding carboxylic acids is 1. The van der Waals surface area contributed by atoms with Crippen LogP contribution in [0.2, 0.25) is 5.02 Å². The minimum atomic E-state index is -0.606. The summed E-state index contributed by atoms with van der Waals surface area (Å²) in [5, 5.41) is 8.71. The van der Waals surface area contributed by atoms with Crippen LogP contribution in [0.4, 0.5) is 4.39 Å². The summed E-state index contributed by atoms with van der Waals surface area (Å²) in [6, 6.07) is 9.67. The zero-order chi connectivity index (χ0) is 21.5. The van der Waals surface area contributed by atoms with Crippen LogP contribution in [-0.4, -0.2) is 43.4 Å². The van der Waals surface area contributed by atoms with Gasteiger partial charge in [0.2, 0.25) is 0 Å². The maximum Gasteiger partial charge on any atom is 0.259 e. The third-order valence-electron chi connectivity index (χ3n) is 5.70. The Kier molecular flexibility index (Phi) is 4.94. The molecule has 1 aliphatic rings. The Morgan fingerprint density at radius 1 is 1.19 bits per heavy atom. The van der Waals surface area contributed by atoms with Crippen molar-refractivity contribution in [3.63, 3.8) is 0 Å². The Balaban J connectivity index is 1.48. The number of amides is 1. The molecular weight excluding hydrogens is 421 g/mol. The largest absolute Gasteiger partial charge is 0.440 e. The van der Waals surface area contributed by atoms with Gasteiger partial charge in [-0.05, 0) is 50.1 Å². The Bertz CT molecular complexity index is 1260. The van der Waals surface area contributed by atoms with E-state index in [-0.39, 0.29) is 17.5 Å². The Morgan fingerprint density at radius 2 is 2.00 bits per heavy atom. The summed E-state index contributed by atoms with van der Waals surface area (Å²) in [7, 11) is 0. The molecule has 9 heteroatoms. The molecule has 1 saturated heterocycles. The SMILES string of the molecule is C[C@@H]1CC[C@@H](c2nc3cc(Cl)ccc3o2)CN1C(=O)c1c(F)cccc1-n1nccn1. The Morgan fingerprint density at radius 3 is 2.81 bits per heavy atom. The number of carbonyl (C=O) groups is 1. The number of hydrogen-bond acceptors (Lipinski definition) is 5. The van der Waals surface area contributed by atoms with Crippen molar-refractivity contribution in [2.24, 2.45) is 0 Å². The van der Waals surface area contributed by atoms with Gasteiger partial charge in [0.15, 0.2) is 11.5 Å². The highest BCUT2D eigenvalue weighted by Crippen LogP contribution is 2.33. The van der Waals surface area contributed by atoms with E-state index < -0.39 is 11.7 Å². The number of hydrogen-bond donors (Lipinski definition) is 0. The van der Waals surface area contributed by atoms with Crippen molar-refractivity contribution in [2.45, 2.75) is 31.7 Å². The third kappa shape index (κ3) is 3.57. The molecule has 1 amide bonds. The van der Waals surface area contributed by atoms with Gasteiger partial charge in [0.1, 0.15) is 22.6 Å². The molecule has 1 aliphatic heterocycles. The molecule has 31 heavy (non-hydrogen) atoms. The quantitative estimate of drug-likeness (QED) is 0.466. The highest BCUT2D eigenvalue weighted by atomic mass is 35.5. The topological polar surface area (TPSA) is 77.0 Å². The summed E-state index contributed by atoms with van der Waals surface area (Å²) in [4.78, 5) is 21.0. The van der Waals surface area contributed by atoms with E-state index in [0.717, 1.165) is 12.8 Å². The molecule has 7 nitrogen and oxygen atoms in total. The van der Waals surface area contributed by atoms with Crippen molar-refractivity contribution < 1.29 is 13.6 Å². The second-order valence-electron chi connectivity index (χ2n) is 7.70. The fraction of sp³-hybridized carbons (Fsp3) is 0.273. The number of aromatic nitrogens is 4. The van der Waals surface area contributed by atoms with Gasteiger partial charge in [0.25, 0.3) is 5.91 Å². The number of benzene rings is 2. The maximum absolute atomic E-state index is 14.8. The summed E-state index contributed by atoms with van der Waals surface area (Å²) >= 11 is 6.06. The van der Waals surface area contributed by atoms with Crippen LogP contribution in [0, 0.1) is 5.82 Å². The molecule has 0 radical (unpaired) electrons. The average molecular weight is 440 g/mol. The number of piperidine rings is 1. The average Bonchev–Trinajstić information content (AvgIpc) is 3.43. The van der Waals surface area contributed by atoms with Gasteiger partial charge in [-0.1, -0.05) is 17.7 Å². The predicted octanol–water partition coefficient (Wildman–Crippen LogP) is 4.61. The monoisotopic (exact) mass is 439 g/mol. The lowest BCUT2D eigenvalue weighted by Crippen LogP contribution is -2.45. The van der Waals surface area contributed by atoms with Gasteiger partial charge in [0.05, 0.1) is 18.3 Å². The molecule has 5 rings (SSSR count). The first-order valence-corrected chi connectivity index (χ1v) is 10.4. The third-order valence-corrected chi connectivity index (χ3v) is 5.93. The molecule has 4 aromatic rings. The summed E-state index contributed by atoms with van der Waals surface area (Å²) < 4.78 is 20.7. The minimum Gasteiger partial charge on any atom is -0.440 e. The minimum absolute atomic E-state index is 0.0458. The smallest absolute Gasteiger partial charge is 0.259 e. The predicted molar refractivity (Wildman–Crippen MR) is 113 cm³/mol. The van der Waals surface area contributed by atoms with Crippen LogP contribution < -0.4 is 0 Å². The lowest BCUT2D eigenvalue weighted by Gasteiger charge is -2.37. The van der Waals surface area contributed by atoms with Gasteiger partial charge in [-0.2, -0.15) is 15.0 Å². The van der Waals surface area contributed by atoms with E-state index in [1.54, 1.807) is 29.2 Å². The zero-order valence-electron chi connectivity index (χ0n) is 16.7. The van der Waals surface area contributed by atoms with Crippen molar-refractivity contribution in [3.05, 3.63) is 71.1 Å². The molecule has 1 fully saturated rings. The molecule has 0 N–H and O–H groups in total. The summed E-state index contributed by atoms with van der Waals surface area (Å²) in [6.07, 6.45) is 4.53. The van der Waals surface area contributed by atoms with Crippen molar-refractivity contribution in [2.75, 3.05) is 6.54 Å². The fourth-order valence-electron chi connectivity index (χ4n) is 4.06. The van der Waals surface area contributed by atoms with Gasteiger partial charge < -0.3 is 9.32 Å². The molecule has 0 aliphatic carbocycles. The van der Waals surface area contributed by atoms with Crippen molar-refractivity contribution in [1.82, 2.24) is 24.9 Å².